The van der Waals surface area contributed by atoms with Crippen molar-refractivity contribution in [2.45, 2.75) is 55.4 Å². The molecule has 1 heterocycles. The van der Waals surface area contributed by atoms with Gasteiger partial charge in [-0.15, -0.1) is 0 Å². The zero-order valence-corrected chi connectivity index (χ0v) is 14.9. The van der Waals surface area contributed by atoms with E-state index in [1.165, 1.54) is 0 Å². The first-order chi connectivity index (χ1) is 10.3. The quantitative estimate of drug-likeness (QED) is 0.577. The molecule has 0 saturated carbocycles. The van der Waals surface area contributed by atoms with Crippen LogP contribution in [-0.2, 0) is 0 Å². The Balaban J connectivity index is 0. The Hall–Kier alpha value is -1.83. The summed E-state index contributed by atoms with van der Waals surface area (Å²) in [4.78, 5) is 0. The summed E-state index contributed by atoms with van der Waals surface area (Å²) in [6, 6.07) is 0. The minimum absolute atomic E-state index is 0.886. The van der Waals surface area contributed by atoms with Gasteiger partial charge in [0.05, 0.1) is 0 Å². The summed E-state index contributed by atoms with van der Waals surface area (Å²) in [5, 5.41) is 4.09. The minimum Gasteiger partial charge on any atom is -0.363 e. The monoisotopic (exact) mass is 289 g/mol. The van der Waals surface area contributed by atoms with Crippen LogP contribution in [0.3, 0.4) is 0 Å². The van der Waals surface area contributed by atoms with E-state index in [9.17, 15) is 0 Å². The first-order valence-corrected chi connectivity index (χ1v) is 7.81. The minimum atomic E-state index is 0.886. The molecule has 0 N–H and O–H groups in total. The molecule has 0 aliphatic heterocycles. The summed E-state index contributed by atoms with van der Waals surface area (Å²) in [5.74, 6) is 0. The van der Waals surface area contributed by atoms with Crippen molar-refractivity contribution >= 4 is 11.1 Å². The van der Waals surface area contributed by atoms with Crippen molar-refractivity contribution in [1.29, 1.82) is 0 Å². The molecule has 0 unspecified atom stereocenters. The third kappa shape index (κ3) is 6.94. The molecule has 118 valence electrons. The van der Waals surface area contributed by atoms with Gasteiger partial charge in [-0.05, 0) is 38.8 Å². The second-order valence-electron chi connectivity index (χ2n) is 3.56. The summed E-state index contributed by atoms with van der Waals surface area (Å²) in [6.45, 7) is 16.0. The zero-order chi connectivity index (χ0) is 16.7. The highest BCUT2D eigenvalue weighted by Gasteiger charge is 2.12. The van der Waals surface area contributed by atoms with Crippen LogP contribution < -0.4 is 0 Å². The Labute approximate surface area is 130 Å². The van der Waals surface area contributed by atoms with Gasteiger partial charge in [0, 0.05) is 5.56 Å². The molecular weight excluding hydrogens is 258 g/mol. The van der Waals surface area contributed by atoms with E-state index in [2.05, 4.69) is 17.3 Å². The van der Waals surface area contributed by atoms with Crippen LogP contribution in [0.15, 0.2) is 47.2 Å². The highest BCUT2D eigenvalue weighted by Crippen LogP contribution is 2.26. The number of nitrogens with zero attached hydrogens (tertiary/aromatic N) is 1. The average Bonchev–Trinajstić information content (AvgIpc) is 3.03. The largest absolute Gasteiger partial charge is 0.363 e. The lowest BCUT2D eigenvalue weighted by atomic mass is 10.0. The van der Waals surface area contributed by atoms with Crippen molar-refractivity contribution in [1.82, 2.24) is 5.16 Å². The highest BCUT2D eigenvalue weighted by atomic mass is 16.5. The van der Waals surface area contributed by atoms with Crippen molar-refractivity contribution in [2.24, 2.45) is 0 Å². The lowest BCUT2D eigenvalue weighted by Gasteiger charge is -2.02. The van der Waals surface area contributed by atoms with Crippen LogP contribution in [0.25, 0.3) is 11.1 Å². The Bertz CT molecular complexity index is 431. The standard InChI is InChI=1S/C15H19NO.2C2H6/c1-5-9-12(7-3)14-11-17-16-15(14)13(8-4)10-6-2;2*1-2/h5-11H,1-4H3;2*1-2H3/b9-5-,10-6-,12-7+,13-8+;;. The number of hydrogen-bond donors (Lipinski definition) is 0. The van der Waals surface area contributed by atoms with Crippen LogP contribution >= 0.6 is 0 Å². The van der Waals surface area contributed by atoms with Gasteiger partial charge in [0.2, 0.25) is 0 Å². The van der Waals surface area contributed by atoms with Crippen molar-refractivity contribution in [3.05, 3.63) is 54.0 Å². The Kier molecular flexibility index (Phi) is 14.9. The van der Waals surface area contributed by atoms with E-state index in [1.807, 2.05) is 79.7 Å². The summed E-state index contributed by atoms with van der Waals surface area (Å²) in [6.07, 6.45) is 13.9. The van der Waals surface area contributed by atoms with E-state index in [4.69, 9.17) is 4.52 Å². The molecule has 0 atom stereocenters. The molecule has 21 heavy (non-hydrogen) atoms. The molecule has 0 saturated heterocycles. The molecule has 0 radical (unpaired) electrons. The van der Waals surface area contributed by atoms with E-state index in [0.717, 1.165) is 22.4 Å². The summed E-state index contributed by atoms with van der Waals surface area (Å²) >= 11 is 0. The van der Waals surface area contributed by atoms with Crippen molar-refractivity contribution in [3.63, 3.8) is 0 Å². The van der Waals surface area contributed by atoms with Crippen molar-refractivity contribution in [2.75, 3.05) is 0 Å². The Morgan fingerprint density at radius 3 is 1.76 bits per heavy atom. The molecule has 0 spiro atoms. The molecule has 0 amide bonds. The maximum Gasteiger partial charge on any atom is 0.132 e. The molecule has 0 aliphatic rings. The van der Waals surface area contributed by atoms with Gasteiger partial charge >= 0.3 is 0 Å². The fourth-order valence-corrected chi connectivity index (χ4v) is 1.66. The predicted octanol–water partition coefficient (Wildman–Crippen LogP) is 6.69. The molecule has 0 fully saturated rings. The van der Waals surface area contributed by atoms with Crippen molar-refractivity contribution in [3.8, 4) is 0 Å². The van der Waals surface area contributed by atoms with Gasteiger partial charge in [0.15, 0.2) is 0 Å². The molecule has 0 aliphatic carbocycles. The highest BCUT2D eigenvalue weighted by molar-refractivity contribution is 5.84. The van der Waals surface area contributed by atoms with Crippen LogP contribution in [0, 0.1) is 0 Å². The molecular formula is C19H31NO. The van der Waals surface area contributed by atoms with E-state index in [-0.39, 0.29) is 0 Å². The van der Waals surface area contributed by atoms with Gasteiger partial charge < -0.3 is 4.52 Å². The van der Waals surface area contributed by atoms with E-state index in [1.54, 1.807) is 6.26 Å². The van der Waals surface area contributed by atoms with E-state index in [0.29, 0.717) is 0 Å². The van der Waals surface area contributed by atoms with E-state index < -0.39 is 0 Å². The van der Waals surface area contributed by atoms with Gasteiger partial charge in [0.25, 0.3) is 0 Å². The molecule has 1 rings (SSSR count). The zero-order valence-electron chi connectivity index (χ0n) is 14.9. The summed E-state index contributed by atoms with van der Waals surface area (Å²) in [5.41, 5.74) is 4.10. The van der Waals surface area contributed by atoms with E-state index >= 15 is 0 Å². The molecule has 0 aromatic carbocycles. The van der Waals surface area contributed by atoms with Crippen LogP contribution in [-0.4, -0.2) is 5.16 Å². The number of rotatable bonds is 4. The van der Waals surface area contributed by atoms with Crippen molar-refractivity contribution < 1.29 is 4.52 Å². The van der Waals surface area contributed by atoms with Crippen LogP contribution in [0.5, 0.6) is 0 Å². The second kappa shape index (κ2) is 14.6. The molecule has 2 heteroatoms. The van der Waals surface area contributed by atoms with Gasteiger partial charge in [-0.1, -0.05) is 69.3 Å². The average molecular weight is 289 g/mol. The number of allylic oxidation sites excluding steroid dienone is 8. The van der Waals surface area contributed by atoms with Crippen LogP contribution in [0.4, 0.5) is 0 Å². The van der Waals surface area contributed by atoms with Gasteiger partial charge in [-0.3, -0.25) is 0 Å². The topological polar surface area (TPSA) is 26.0 Å². The predicted molar refractivity (Wildman–Crippen MR) is 96.1 cm³/mol. The first-order valence-electron chi connectivity index (χ1n) is 7.81. The van der Waals surface area contributed by atoms with Gasteiger partial charge in [-0.2, -0.15) is 0 Å². The fraction of sp³-hybridized carbons (Fsp3) is 0.421. The first kappa shape index (κ1) is 21.5. The van der Waals surface area contributed by atoms with Crippen LogP contribution in [0.1, 0.15) is 66.6 Å². The maximum absolute atomic E-state index is 5.10. The lowest BCUT2D eigenvalue weighted by Crippen LogP contribution is -1.88. The number of aromatic nitrogens is 1. The maximum atomic E-state index is 5.10. The molecule has 1 aromatic heterocycles. The molecule has 2 nitrogen and oxygen atoms in total. The molecule has 1 aromatic rings. The van der Waals surface area contributed by atoms with Gasteiger partial charge in [-0.25, -0.2) is 0 Å². The summed E-state index contributed by atoms with van der Waals surface area (Å²) in [7, 11) is 0. The normalized spacial score (nSPS) is 12.0. The SMILES string of the molecule is C/C=C\C(=C/C)c1conc1C(/C=C\C)=C/C.CC.CC. The Morgan fingerprint density at radius 1 is 0.857 bits per heavy atom. The van der Waals surface area contributed by atoms with Crippen LogP contribution in [0.2, 0.25) is 0 Å². The third-order valence-electron chi connectivity index (χ3n) is 2.47. The second-order valence-corrected chi connectivity index (χ2v) is 3.56. The van der Waals surface area contributed by atoms with Gasteiger partial charge in [0.1, 0.15) is 12.0 Å². The molecule has 0 bridgehead atoms. The smallest absolute Gasteiger partial charge is 0.132 e. The third-order valence-corrected chi connectivity index (χ3v) is 2.47. The summed E-state index contributed by atoms with van der Waals surface area (Å²) < 4.78 is 5.10. The number of hydrogen-bond acceptors (Lipinski definition) is 2. The Morgan fingerprint density at radius 2 is 1.33 bits per heavy atom. The fourth-order valence-electron chi connectivity index (χ4n) is 1.66. The lowest BCUT2D eigenvalue weighted by molar-refractivity contribution is 0.417.